The van der Waals surface area contributed by atoms with Crippen LogP contribution in [0, 0.1) is 5.41 Å². The molecule has 1 aromatic carbocycles. The average molecular weight is 497 g/mol. The third-order valence-corrected chi connectivity index (χ3v) is 7.50. The van der Waals surface area contributed by atoms with Crippen LogP contribution in [0.25, 0.3) is 0 Å². The number of carbonyl (C=O) groups is 1. The summed E-state index contributed by atoms with van der Waals surface area (Å²) in [5.41, 5.74) is 6.44. The molecule has 0 radical (unpaired) electrons. The SMILES string of the molecule is CC1=CC(C)(C(=O)NCc2ccc(CN(Cc3cncn3C)C3CCCc4cccnc43)cc2)C=CN1. The predicted octanol–water partition coefficient (Wildman–Crippen LogP) is 4.54. The molecule has 1 aliphatic carbocycles. The van der Waals surface area contributed by atoms with E-state index in [1.54, 1.807) is 0 Å². The van der Waals surface area contributed by atoms with Crippen molar-refractivity contribution in [2.45, 2.75) is 58.8 Å². The number of pyridine rings is 1. The van der Waals surface area contributed by atoms with Gasteiger partial charge in [-0.2, -0.15) is 0 Å². The van der Waals surface area contributed by atoms with Crippen LogP contribution in [-0.4, -0.2) is 25.3 Å². The molecule has 2 aliphatic rings. The van der Waals surface area contributed by atoms with E-state index in [0.29, 0.717) is 6.54 Å². The number of aryl methyl sites for hydroxylation is 2. The Morgan fingerprint density at radius 3 is 2.78 bits per heavy atom. The van der Waals surface area contributed by atoms with Crippen molar-refractivity contribution in [3.8, 4) is 0 Å². The number of allylic oxidation sites excluding steroid dienone is 1. The second-order valence-electron chi connectivity index (χ2n) is 10.4. The van der Waals surface area contributed by atoms with Crippen molar-refractivity contribution in [3.63, 3.8) is 0 Å². The number of carbonyl (C=O) groups excluding carboxylic acids is 1. The summed E-state index contributed by atoms with van der Waals surface area (Å²) in [6.07, 6.45) is 14.8. The maximum Gasteiger partial charge on any atom is 0.234 e. The fourth-order valence-corrected chi connectivity index (χ4v) is 5.36. The molecule has 0 fully saturated rings. The number of imidazole rings is 1. The van der Waals surface area contributed by atoms with Crippen LogP contribution in [0.3, 0.4) is 0 Å². The number of nitrogens with one attached hydrogen (secondary N) is 2. The Morgan fingerprint density at radius 1 is 1.22 bits per heavy atom. The summed E-state index contributed by atoms with van der Waals surface area (Å²) < 4.78 is 2.09. The molecule has 37 heavy (non-hydrogen) atoms. The molecule has 0 spiro atoms. The minimum atomic E-state index is -0.633. The molecule has 2 unspecified atom stereocenters. The number of hydrogen-bond acceptors (Lipinski definition) is 5. The first-order valence-corrected chi connectivity index (χ1v) is 13.0. The van der Waals surface area contributed by atoms with Crippen molar-refractivity contribution in [3.05, 3.63) is 107 Å². The predicted molar refractivity (Wildman–Crippen MR) is 145 cm³/mol. The van der Waals surface area contributed by atoms with Crippen LogP contribution < -0.4 is 10.6 Å². The van der Waals surface area contributed by atoms with Gasteiger partial charge in [0.2, 0.25) is 5.91 Å². The van der Waals surface area contributed by atoms with Gasteiger partial charge in [0.15, 0.2) is 0 Å². The van der Waals surface area contributed by atoms with Gasteiger partial charge in [-0.3, -0.25) is 14.7 Å². The fourth-order valence-electron chi connectivity index (χ4n) is 5.36. The molecule has 1 amide bonds. The minimum Gasteiger partial charge on any atom is -0.366 e. The van der Waals surface area contributed by atoms with Gasteiger partial charge in [0, 0.05) is 44.8 Å². The molecule has 3 aromatic rings. The van der Waals surface area contributed by atoms with E-state index in [1.807, 2.05) is 64.0 Å². The average Bonchev–Trinajstić information content (AvgIpc) is 3.31. The number of dihydropyridines is 1. The molecule has 0 saturated carbocycles. The molecule has 7 heteroatoms. The Morgan fingerprint density at radius 2 is 2.03 bits per heavy atom. The normalized spacial score (nSPS) is 20.8. The van der Waals surface area contributed by atoms with Crippen LogP contribution in [-0.2, 0) is 37.9 Å². The highest BCUT2D eigenvalue weighted by Gasteiger charge is 2.30. The third-order valence-electron chi connectivity index (χ3n) is 7.50. The lowest BCUT2D eigenvalue weighted by atomic mass is 9.87. The highest BCUT2D eigenvalue weighted by atomic mass is 16.2. The van der Waals surface area contributed by atoms with E-state index < -0.39 is 5.41 Å². The van der Waals surface area contributed by atoms with E-state index in [0.717, 1.165) is 37.2 Å². The van der Waals surface area contributed by atoms with Gasteiger partial charge < -0.3 is 15.2 Å². The molecule has 5 rings (SSSR count). The Kier molecular flexibility index (Phi) is 7.24. The molecule has 0 saturated heterocycles. The van der Waals surface area contributed by atoms with Gasteiger partial charge in [0.05, 0.1) is 29.2 Å². The number of hydrogen-bond donors (Lipinski definition) is 2. The highest BCUT2D eigenvalue weighted by molar-refractivity contribution is 5.86. The smallest absolute Gasteiger partial charge is 0.234 e. The second-order valence-corrected chi connectivity index (χ2v) is 10.4. The summed E-state index contributed by atoms with van der Waals surface area (Å²) in [6.45, 7) is 6.03. The Bertz CT molecular complexity index is 1310. The standard InChI is InChI=1S/C30H36N6O/c1-22-16-30(2,13-15-32-22)29(37)34-17-23-9-11-24(12-10-23)19-36(20-26-18-31-21-35(26)3)27-8-4-6-25-7-5-14-33-28(25)27/h5,7,9-16,18,21,27,32H,4,6,8,17,19-20H2,1-3H3,(H,34,37). The van der Waals surface area contributed by atoms with Crippen LogP contribution in [0.4, 0.5) is 0 Å². The van der Waals surface area contributed by atoms with Crippen LogP contribution in [0.2, 0.25) is 0 Å². The molecular weight excluding hydrogens is 460 g/mol. The number of amides is 1. The summed E-state index contributed by atoms with van der Waals surface area (Å²) in [4.78, 5) is 24.5. The maximum atomic E-state index is 12.9. The number of nitrogens with zero attached hydrogens (tertiary/aromatic N) is 4. The lowest BCUT2D eigenvalue weighted by Crippen LogP contribution is -2.38. The van der Waals surface area contributed by atoms with Crippen LogP contribution >= 0.6 is 0 Å². The van der Waals surface area contributed by atoms with E-state index in [9.17, 15) is 4.79 Å². The van der Waals surface area contributed by atoms with Crippen LogP contribution in [0.1, 0.15) is 60.8 Å². The topological polar surface area (TPSA) is 75.1 Å². The molecule has 2 N–H and O–H groups in total. The fraction of sp³-hybridized carbons (Fsp3) is 0.367. The van der Waals surface area contributed by atoms with Crippen molar-refractivity contribution in [2.75, 3.05) is 0 Å². The van der Waals surface area contributed by atoms with E-state index in [-0.39, 0.29) is 11.9 Å². The molecule has 192 valence electrons. The quantitative estimate of drug-likeness (QED) is 0.479. The first-order valence-electron chi connectivity index (χ1n) is 13.0. The van der Waals surface area contributed by atoms with Crippen molar-refractivity contribution in [1.29, 1.82) is 0 Å². The van der Waals surface area contributed by atoms with Gasteiger partial charge in [-0.1, -0.05) is 30.3 Å². The van der Waals surface area contributed by atoms with Crippen molar-refractivity contribution in [2.24, 2.45) is 12.5 Å². The first kappa shape index (κ1) is 25.0. The summed E-state index contributed by atoms with van der Waals surface area (Å²) in [6, 6.07) is 13.1. The minimum absolute atomic E-state index is 0.000470. The van der Waals surface area contributed by atoms with Crippen LogP contribution in [0.5, 0.6) is 0 Å². The molecule has 2 aromatic heterocycles. The first-order chi connectivity index (χ1) is 17.9. The van der Waals surface area contributed by atoms with Gasteiger partial charge in [-0.15, -0.1) is 0 Å². The third kappa shape index (κ3) is 5.67. The van der Waals surface area contributed by atoms with Crippen LogP contribution in [0.15, 0.2) is 79.2 Å². The number of aromatic nitrogens is 3. The Labute approximate surface area is 219 Å². The second kappa shape index (κ2) is 10.7. The largest absolute Gasteiger partial charge is 0.366 e. The van der Waals surface area contributed by atoms with Gasteiger partial charge in [0.1, 0.15) is 0 Å². The molecular formula is C30H36N6O. The summed E-state index contributed by atoms with van der Waals surface area (Å²) in [5, 5.41) is 6.22. The van der Waals surface area contributed by atoms with Gasteiger partial charge in [-0.25, -0.2) is 4.98 Å². The monoisotopic (exact) mass is 496 g/mol. The van der Waals surface area contributed by atoms with Crippen molar-refractivity contribution >= 4 is 5.91 Å². The molecule has 3 heterocycles. The maximum absolute atomic E-state index is 12.9. The summed E-state index contributed by atoms with van der Waals surface area (Å²) in [5.74, 6) is -0.000470. The lowest BCUT2D eigenvalue weighted by Gasteiger charge is -2.35. The summed E-state index contributed by atoms with van der Waals surface area (Å²) in [7, 11) is 2.05. The van der Waals surface area contributed by atoms with E-state index in [1.165, 1.54) is 28.9 Å². The highest BCUT2D eigenvalue weighted by Crippen LogP contribution is 2.34. The molecule has 1 aliphatic heterocycles. The van der Waals surface area contributed by atoms with E-state index in [4.69, 9.17) is 4.98 Å². The van der Waals surface area contributed by atoms with Gasteiger partial charge >= 0.3 is 0 Å². The van der Waals surface area contributed by atoms with Gasteiger partial charge in [-0.05, 0) is 74.2 Å². The lowest BCUT2D eigenvalue weighted by molar-refractivity contribution is -0.126. The number of rotatable bonds is 8. The van der Waals surface area contributed by atoms with Crippen molar-refractivity contribution < 1.29 is 4.79 Å². The zero-order valence-corrected chi connectivity index (χ0v) is 21.9. The van der Waals surface area contributed by atoms with Crippen molar-refractivity contribution in [1.82, 2.24) is 30.1 Å². The Hall–Kier alpha value is -3.71. The Balaban J connectivity index is 1.29. The van der Waals surface area contributed by atoms with Gasteiger partial charge in [0.25, 0.3) is 0 Å². The van der Waals surface area contributed by atoms with E-state index in [2.05, 4.69) is 55.4 Å². The number of benzene rings is 1. The molecule has 7 nitrogen and oxygen atoms in total. The van der Waals surface area contributed by atoms with E-state index >= 15 is 0 Å². The summed E-state index contributed by atoms with van der Waals surface area (Å²) >= 11 is 0. The zero-order valence-electron chi connectivity index (χ0n) is 21.9. The zero-order chi connectivity index (χ0) is 25.8. The number of fused-ring (bicyclic) bond motifs is 1. The molecule has 2 atom stereocenters. The molecule has 0 bridgehead atoms.